The van der Waals surface area contributed by atoms with Crippen molar-refractivity contribution in [1.29, 1.82) is 0 Å². The standard InChI is InChI=1S/C31H34N2O8S/c1-3-39-27(35)16-32-31(38)33-23-14-12-22(13-15-23)30-40-25(18-42-26-7-5-4-6-24(26)29(36)37)19(2)28(41-30)21-10-8-20(17-34)9-11-21/h4-15,19,25,28,30,34H,3,16-18H2,1-2H3,(H,36,37)(H2,32,33,38). The largest absolute Gasteiger partial charge is 0.478 e. The molecule has 11 heteroatoms. The lowest BCUT2D eigenvalue weighted by atomic mass is 9.91. The normalized spacial score (nSPS) is 20.0. The first kappa shape index (κ1) is 31.0. The minimum absolute atomic E-state index is 0.0590. The molecule has 4 unspecified atom stereocenters. The Hall–Kier alpha value is -3.90. The zero-order chi connectivity index (χ0) is 30.1. The first-order chi connectivity index (χ1) is 20.3. The molecule has 3 aromatic carbocycles. The highest BCUT2D eigenvalue weighted by atomic mass is 32.2. The second-order valence-electron chi connectivity index (χ2n) is 9.67. The summed E-state index contributed by atoms with van der Waals surface area (Å²) in [5.74, 6) is -1.09. The Balaban J connectivity index is 1.50. The van der Waals surface area contributed by atoms with Crippen molar-refractivity contribution < 1.29 is 38.8 Å². The number of carboxylic acids is 1. The molecular weight excluding hydrogens is 560 g/mol. The van der Waals surface area contributed by atoms with Crippen molar-refractivity contribution in [3.05, 3.63) is 95.1 Å². The topological polar surface area (TPSA) is 143 Å². The molecule has 1 aliphatic heterocycles. The van der Waals surface area contributed by atoms with E-state index in [9.17, 15) is 24.6 Å². The van der Waals surface area contributed by atoms with Crippen LogP contribution in [0.25, 0.3) is 0 Å². The molecule has 10 nitrogen and oxygen atoms in total. The SMILES string of the molecule is CCOC(=O)CNC(=O)Nc1ccc(C2OC(CSc3ccccc3C(=O)O)C(C)C(c3ccc(CO)cc3)O2)cc1. The van der Waals surface area contributed by atoms with Crippen LogP contribution in [-0.2, 0) is 25.6 Å². The molecule has 0 bridgehead atoms. The van der Waals surface area contributed by atoms with Gasteiger partial charge in [0.15, 0.2) is 6.29 Å². The summed E-state index contributed by atoms with van der Waals surface area (Å²) in [5, 5.41) is 24.2. The van der Waals surface area contributed by atoms with Gasteiger partial charge in [0.1, 0.15) is 6.54 Å². The highest BCUT2D eigenvalue weighted by Crippen LogP contribution is 2.43. The summed E-state index contributed by atoms with van der Waals surface area (Å²) in [5.41, 5.74) is 3.21. The molecule has 1 saturated heterocycles. The third-order valence-electron chi connectivity index (χ3n) is 6.78. The zero-order valence-electron chi connectivity index (χ0n) is 23.3. The van der Waals surface area contributed by atoms with Gasteiger partial charge in [-0.1, -0.05) is 55.5 Å². The Morgan fingerprint density at radius 1 is 0.952 bits per heavy atom. The fourth-order valence-electron chi connectivity index (χ4n) is 4.51. The summed E-state index contributed by atoms with van der Waals surface area (Å²) >= 11 is 1.42. The number of esters is 1. The van der Waals surface area contributed by atoms with Crippen LogP contribution in [0.1, 0.15) is 53.3 Å². The highest BCUT2D eigenvalue weighted by molar-refractivity contribution is 7.99. The number of carbonyl (C=O) groups excluding carboxylic acids is 2. The van der Waals surface area contributed by atoms with E-state index in [0.29, 0.717) is 16.3 Å². The quantitative estimate of drug-likeness (QED) is 0.175. The molecule has 0 aliphatic carbocycles. The second kappa shape index (κ2) is 14.8. The number of thioether (sulfide) groups is 1. The fourth-order valence-corrected chi connectivity index (χ4v) is 5.73. The van der Waals surface area contributed by atoms with Crippen LogP contribution in [0.2, 0.25) is 0 Å². The van der Waals surface area contributed by atoms with E-state index in [-0.39, 0.29) is 43.4 Å². The third kappa shape index (κ3) is 8.10. The molecular formula is C31H34N2O8S. The van der Waals surface area contributed by atoms with E-state index in [4.69, 9.17) is 14.2 Å². The number of hydrogen-bond acceptors (Lipinski definition) is 8. The van der Waals surface area contributed by atoms with Crippen LogP contribution in [0.4, 0.5) is 10.5 Å². The number of anilines is 1. The van der Waals surface area contributed by atoms with E-state index in [0.717, 1.165) is 16.7 Å². The van der Waals surface area contributed by atoms with Crippen molar-refractivity contribution in [3.8, 4) is 0 Å². The second-order valence-corrected chi connectivity index (χ2v) is 10.7. The molecule has 0 saturated carbocycles. The summed E-state index contributed by atoms with van der Waals surface area (Å²) in [6.45, 7) is 3.66. The molecule has 4 N–H and O–H groups in total. The van der Waals surface area contributed by atoms with Crippen molar-refractivity contribution >= 4 is 35.4 Å². The number of carboxylic acid groups (broad SMARTS) is 1. The number of urea groups is 1. The molecule has 4 rings (SSSR count). The van der Waals surface area contributed by atoms with Gasteiger partial charge < -0.3 is 35.1 Å². The average molecular weight is 595 g/mol. The molecule has 42 heavy (non-hydrogen) atoms. The maximum atomic E-state index is 12.2. The molecule has 3 aromatic rings. The molecule has 0 spiro atoms. The smallest absolute Gasteiger partial charge is 0.336 e. The van der Waals surface area contributed by atoms with E-state index < -0.39 is 24.3 Å². The molecule has 0 radical (unpaired) electrons. The van der Waals surface area contributed by atoms with Crippen molar-refractivity contribution in [3.63, 3.8) is 0 Å². The Morgan fingerprint density at radius 3 is 2.31 bits per heavy atom. The minimum Gasteiger partial charge on any atom is -0.478 e. The number of hydrogen-bond donors (Lipinski definition) is 4. The number of benzene rings is 3. The van der Waals surface area contributed by atoms with E-state index in [1.165, 1.54) is 11.8 Å². The number of rotatable bonds is 11. The first-order valence-electron chi connectivity index (χ1n) is 13.5. The van der Waals surface area contributed by atoms with Gasteiger partial charge in [0.2, 0.25) is 0 Å². The Kier molecular flexibility index (Phi) is 11.0. The molecule has 1 aliphatic rings. The lowest BCUT2D eigenvalue weighted by Crippen LogP contribution is -2.38. The van der Waals surface area contributed by atoms with Gasteiger partial charge >= 0.3 is 18.0 Å². The number of ether oxygens (including phenoxy) is 3. The van der Waals surface area contributed by atoms with Crippen LogP contribution in [-0.4, -0.2) is 53.2 Å². The van der Waals surface area contributed by atoms with E-state index in [2.05, 4.69) is 10.6 Å². The predicted octanol–water partition coefficient (Wildman–Crippen LogP) is 5.15. The van der Waals surface area contributed by atoms with Crippen LogP contribution in [0.5, 0.6) is 0 Å². The van der Waals surface area contributed by atoms with Crippen LogP contribution >= 0.6 is 11.8 Å². The molecule has 1 fully saturated rings. The highest BCUT2D eigenvalue weighted by Gasteiger charge is 2.38. The van der Waals surface area contributed by atoms with Crippen molar-refractivity contribution in [2.75, 3.05) is 24.2 Å². The molecule has 4 atom stereocenters. The van der Waals surface area contributed by atoms with Gasteiger partial charge in [0.25, 0.3) is 0 Å². The van der Waals surface area contributed by atoms with Gasteiger partial charge in [-0.25, -0.2) is 9.59 Å². The molecule has 2 amide bonds. The summed E-state index contributed by atoms with van der Waals surface area (Å²) in [6, 6.07) is 20.9. The van der Waals surface area contributed by atoms with Gasteiger partial charge in [-0.3, -0.25) is 4.79 Å². The van der Waals surface area contributed by atoms with Gasteiger partial charge in [-0.2, -0.15) is 0 Å². The van der Waals surface area contributed by atoms with Crippen LogP contribution in [0.3, 0.4) is 0 Å². The van der Waals surface area contributed by atoms with Crippen LogP contribution < -0.4 is 10.6 Å². The Morgan fingerprint density at radius 2 is 1.64 bits per heavy atom. The Bertz CT molecular complexity index is 1370. The first-order valence-corrected chi connectivity index (χ1v) is 14.5. The lowest BCUT2D eigenvalue weighted by Gasteiger charge is -2.41. The summed E-state index contributed by atoms with van der Waals surface area (Å²) in [4.78, 5) is 36.0. The van der Waals surface area contributed by atoms with Crippen molar-refractivity contribution in [1.82, 2.24) is 5.32 Å². The van der Waals surface area contributed by atoms with Gasteiger partial charge in [0, 0.05) is 27.8 Å². The monoisotopic (exact) mass is 594 g/mol. The fraction of sp³-hybridized carbons (Fsp3) is 0.323. The summed E-state index contributed by atoms with van der Waals surface area (Å²) in [7, 11) is 0. The molecule has 222 valence electrons. The number of amides is 2. The van der Waals surface area contributed by atoms with E-state index >= 15 is 0 Å². The average Bonchev–Trinajstić information content (AvgIpc) is 3.00. The van der Waals surface area contributed by atoms with Gasteiger partial charge in [-0.05, 0) is 42.3 Å². The molecule has 1 heterocycles. The predicted molar refractivity (Wildman–Crippen MR) is 157 cm³/mol. The maximum Gasteiger partial charge on any atom is 0.336 e. The van der Waals surface area contributed by atoms with E-state index in [1.54, 1.807) is 49.4 Å². The number of aliphatic hydroxyl groups is 1. The Labute approximate surface area is 248 Å². The van der Waals surface area contributed by atoms with Crippen molar-refractivity contribution in [2.45, 2.75) is 43.8 Å². The molecule has 0 aromatic heterocycles. The number of nitrogens with one attached hydrogen (secondary N) is 2. The number of aliphatic hydroxyl groups excluding tert-OH is 1. The third-order valence-corrected chi connectivity index (χ3v) is 7.95. The van der Waals surface area contributed by atoms with Gasteiger partial charge in [-0.15, -0.1) is 11.8 Å². The number of aromatic carboxylic acids is 1. The summed E-state index contributed by atoms with van der Waals surface area (Å²) in [6.07, 6.45) is -1.34. The van der Waals surface area contributed by atoms with Crippen LogP contribution in [0, 0.1) is 5.92 Å². The zero-order valence-corrected chi connectivity index (χ0v) is 24.1. The van der Waals surface area contributed by atoms with Gasteiger partial charge in [0.05, 0.1) is 31.0 Å². The number of carbonyl (C=O) groups is 3. The van der Waals surface area contributed by atoms with Crippen LogP contribution in [0.15, 0.2) is 77.7 Å². The maximum absolute atomic E-state index is 12.2. The van der Waals surface area contributed by atoms with Crippen molar-refractivity contribution in [2.24, 2.45) is 5.92 Å². The minimum atomic E-state index is -0.984. The lowest BCUT2D eigenvalue weighted by molar-refractivity contribution is -0.268. The summed E-state index contributed by atoms with van der Waals surface area (Å²) < 4.78 is 17.7. The van der Waals surface area contributed by atoms with E-state index in [1.807, 2.05) is 37.3 Å².